The summed E-state index contributed by atoms with van der Waals surface area (Å²) < 4.78 is 5.43. The van der Waals surface area contributed by atoms with Crippen molar-refractivity contribution in [2.24, 2.45) is 5.73 Å². The first kappa shape index (κ1) is 18.6. The molecule has 0 aliphatic rings. The standard InChI is InChI=1S/C17H13ClN4O2S/c1-3-24-13-11(9-19)17(22-15(18)12(13)21-2)25-14(16(20)23)10-7-5-4-6-8-10/h4-8,14H,3H2,1H3,(H2,20,23). The molecule has 0 bridgehead atoms. The first-order valence-electron chi connectivity index (χ1n) is 7.18. The van der Waals surface area contributed by atoms with Gasteiger partial charge in [-0.25, -0.2) is 9.83 Å². The lowest BCUT2D eigenvalue weighted by Gasteiger charge is -2.16. The fraction of sp³-hybridized carbons (Fsp3) is 0.176. The molecular weight excluding hydrogens is 360 g/mol. The molecule has 1 heterocycles. The highest BCUT2D eigenvalue weighted by Gasteiger charge is 2.26. The number of hydrogen-bond donors (Lipinski definition) is 1. The zero-order valence-corrected chi connectivity index (χ0v) is 14.8. The van der Waals surface area contributed by atoms with Gasteiger partial charge in [0.25, 0.3) is 5.69 Å². The Morgan fingerprint density at radius 1 is 1.52 bits per heavy atom. The first-order valence-corrected chi connectivity index (χ1v) is 8.44. The third kappa shape index (κ3) is 4.03. The van der Waals surface area contributed by atoms with Crippen LogP contribution in [0, 0.1) is 17.9 Å². The predicted octanol–water partition coefficient (Wildman–Crippen LogP) is 3.87. The largest absolute Gasteiger partial charge is 0.503 e. The number of nitrogens with zero attached hydrogens (tertiary/aromatic N) is 3. The van der Waals surface area contributed by atoms with E-state index in [4.69, 9.17) is 28.6 Å². The first-order chi connectivity index (χ1) is 12.0. The summed E-state index contributed by atoms with van der Waals surface area (Å²) in [6, 6.07) is 10.9. The summed E-state index contributed by atoms with van der Waals surface area (Å²) in [4.78, 5) is 19.3. The maximum atomic E-state index is 11.9. The maximum Gasteiger partial charge on any atom is 0.265 e. The summed E-state index contributed by atoms with van der Waals surface area (Å²) in [6.45, 7) is 9.20. The molecule has 0 saturated heterocycles. The third-order valence-electron chi connectivity index (χ3n) is 3.15. The second kappa shape index (κ2) is 8.39. The molecule has 0 aliphatic heterocycles. The number of rotatable bonds is 6. The molecule has 0 spiro atoms. The lowest BCUT2D eigenvalue weighted by Crippen LogP contribution is -2.19. The number of pyridine rings is 1. The fourth-order valence-corrected chi connectivity index (χ4v) is 3.40. The van der Waals surface area contributed by atoms with Crippen molar-refractivity contribution in [2.75, 3.05) is 6.61 Å². The molecule has 126 valence electrons. The van der Waals surface area contributed by atoms with Gasteiger partial charge in [0.15, 0.2) is 0 Å². The maximum absolute atomic E-state index is 11.9. The van der Waals surface area contributed by atoms with Crippen molar-refractivity contribution in [1.29, 1.82) is 5.26 Å². The molecule has 2 N–H and O–H groups in total. The molecule has 25 heavy (non-hydrogen) atoms. The average molecular weight is 373 g/mol. The van der Waals surface area contributed by atoms with Crippen molar-refractivity contribution in [3.63, 3.8) is 0 Å². The van der Waals surface area contributed by atoms with E-state index < -0.39 is 11.2 Å². The van der Waals surface area contributed by atoms with Crippen molar-refractivity contribution in [2.45, 2.75) is 17.2 Å². The molecule has 2 aromatic rings. The average Bonchev–Trinajstić information content (AvgIpc) is 2.60. The van der Waals surface area contributed by atoms with Gasteiger partial charge in [-0.2, -0.15) is 5.26 Å². The summed E-state index contributed by atoms with van der Waals surface area (Å²) in [7, 11) is 0. The summed E-state index contributed by atoms with van der Waals surface area (Å²) in [5, 5.41) is 8.86. The van der Waals surface area contributed by atoms with Crippen molar-refractivity contribution in [3.8, 4) is 11.8 Å². The van der Waals surface area contributed by atoms with Gasteiger partial charge in [-0.15, -0.1) is 0 Å². The topological polar surface area (TPSA) is 93.4 Å². The highest BCUT2D eigenvalue weighted by molar-refractivity contribution is 8.00. The van der Waals surface area contributed by atoms with E-state index in [0.29, 0.717) is 5.56 Å². The van der Waals surface area contributed by atoms with E-state index in [1.807, 2.05) is 12.1 Å². The van der Waals surface area contributed by atoms with Crippen LogP contribution >= 0.6 is 23.4 Å². The number of thioether (sulfide) groups is 1. The molecule has 6 nitrogen and oxygen atoms in total. The van der Waals surface area contributed by atoms with E-state index in [1.165, 1.54) is 0 Å². The SMILES string of the molecule is [C-]#[N+]c1c(Cl)nc(SC(C(N)=O)c2ccccc2)c(C#N)c1OCC. The molecule has 1 atom stereocenters. The quantitative estimate of drug-likeness (QED) is 0.472. The molecule has 0 aliphatic carbocycles. The Morgan fingerprint density at radius 3 is 2.72 bits per heavy atom. The molecule has 0 radical (unpaired) electrons. The number of carbonyl (C=O) groups excluding carboxylic acids is 1. The van der Waals surface area contributed by atoms with Gasteiger partial charge >= 0.3 is 0 Å². The minimum Gasteiger partial charge on any atom is -0.503 e. The molecule has 1 aromatic heterocycles. The van der Waals surface area contributed by atoms with Crippen LogP contribution in [-0.4, -0.2) is 17.5 Å². The summed E-state index contributed by atoms with van der Waals surface area (Å²) in [6.07, 6.45) is 0. The number of nitrogens with two attached hydrogens (primary N) is 1. The highest BCUT2D eigenvalue weighted by atomic mass is 35.5. The van der Waals surface area contributed by atoms with Crippen LogP contribution in [0.2, 0.25) is 5.15 Å². The number of hydrogen-bond acceptors (Lipinski definition) is 5. The number of aromatic nitrogens is 1. The Kier molecular flexibility index (Phi) is 6.24. The van der Waals surface area contributed by atoms with Gasteiger partial charge in [0.1, 0.15) is 32.8 Å². The number of benzene rings is 1. The van der Waals surface area contributed by atoms with Crippen LogP contribution in [0.5, 0.6) is 5.75 Å². The van der Waals surface area contributed by atoms with E-state index in [0.717, 1.165) is 11.8 Å². The zero-order chi connectivity index (χ0) is 18.4. The number of ether oxygens (including phenoxy) is 1. The highest BCUT2D eigenvalue weighted by Crippen LogP contribution is 2.44. The van der Waals surface area contributed by atoms with Crippen LogP contribution in [0.1, 0.15) is 23.3 Å². The van der Waals surface area contributed by atoms with Gasteiger partial charge in [0, 0.05) is 0 Å². The molecule has 2 rings (SSSR count). The summed E-state index contributed by atoms with van der Waals surface area (Å²) >= 11 is 7.06. The van der Waals surface area contributed by atoms with Crippen LogP contribution < -0.4 is 10.5 Å². The molecule has 0 fully saturated rings. The van der Waals surface area contributed by atoms with E-state index in [9.17, 15) is 10.1 Å². The molecule has 0 saturated carbocycles. The third-order valence-corrected chi connectivity index (χ3v) is 4.68. The van der Waals surface area contributed by atoms with E-state index in [1.54, 1.807) is 31.2 Å². The molecule has 8 heteroatoms. The summed E-state index contributed by atoms with van der Waals surface area (Å²) in [5.74, 6) is -0.510. The Morgan fingerprint density at radius 2 is 2.20 bits per heavy atom. The van der Waals surface area contributed by atoms with Crippen molar-refractivity contribution < 1.29 is 9.53 Å². The number of nitriles is 1. The van der Waals surface area contributed by atoms with E-state index >= 15 is 0 Å². The second-order valence-corrected chi connectivity index (χ2v) is 6.18. The van der Waals surface area contributed by atoms with Crippen LogP contribution in [0.25, 0.3) is 4.85 Å². The fourth-order valence-electron chi connectivity index (χ4n) is 2.10. The van der Waals surface area contributed by atoms with Crippen LogP contribution in [-0.2, 0) is 4.79 Å². The number of halogens is 1. The zero-order valence-electron chi connectivity index (χ0n) is 13.2. The monoisotopic (exact) mass is 372 g/mol. The van der Waals surface area contributed by atoms with Crippen molar-refractivity contribution >= 4 is 35.0 Å². The predicted molar refractivity (Wildman–Crippen MR) is 95.6 cm³/mol. The van der Waals surface area contributed by atoms with Crippen molar-refractivity contribution in [1.82, 2.24) is 4.98 Å². The Balaban J connectivity index is 2.57. The number of primary amides is 1. The van der Waals surface area contributed by atoms with Gasteiger partial charge in [0.2, 0.25) is 5.91 Å². The van der Waals surface area contributed by atoms with E-state index in [-0.39, 0.29) is 33.8 Å². The smallest absolute Gasteiger partial charge is 0.265 e. The Labute approximate surface area is 154 Å². The molecule has 1 amide bonds. The van der Waals surface area contributed by atoms with Crippen LogP contribution in [0.3, 0.4) is 0 Å². The van der Waals surface area contributed by atoms with Gasteiger partial charge in [-0.3, -0.25) is 4.79 Å². The van der Waals surface area contributed by atoms with Gasteiger partial charge < -0.3 is 10.5 Å². The van der Waals surface area contributed by atoms with Crippen LogP contribution in [0.15, 0.2) is 35.4 Å². The van der Waals surface area contributed by atoms with Gasteiger partial charge in [-0.1, -0.05) is 53.7 Å². The minimum absolute atomic E-state index is 0.0280. The Bertz CT molecular complexity index is 875. The van der Waals surface area contributed by atoms with Crippen LogP contribution in [0.4, 0.5) is 5.69 Å². The number of carbonyl (C=O) groups is 1. The molecule has 1 unspecified atom stereocenters. The lowest BCUT2D eigenvalue weighted by molar-refractivity contribution is -0.117. The minimum atomic E-state index is -0.759. The lowest BCUT2D eigenvalue weighted by atomic mass is 10.1. The van der Waals surface area contributed by atoms with Gasteiger partial charge in [-0.05, 0) is 12.5 Å². The van der Waals surface area contributed by atoms with Gasteiger partial charge in [0.05, 0.1) is 13.2 Å². The summed E-state index contributed by atoms with van der Waals surface area (Å²) in [5.41, 5.74) is 6.22. The second-order valence-electron chi connectivity index (χ2n) is 4.73. The molecular formula is C17H13ClN4O2S. The Hall–Kier alpha value is -2.74. The number of amides is 1. The normalized spacial score (nSPS) is 11.2. The van der Waals surface area contributed by atoms with Crippen molar-refractivity contribution in [3.05, 3.63) is 58.0 Å². The molecule has 1 aromatic carbocycles. The van der Waals surface area contributed by atoms with E-state index in [2.05, 4.69) is 9.83 Å².